The second-order valence-corrected chi connectivity index (χ2v) is 6.92. The van der Waals surface area contributed by atoms with Gasteiger partial charge in [0.15, 0.2) is 5.82 Å². The number of nitrogen functional groups attached to an aromatic ring is 1. The van der Waals surface area contributed by atoms with Gasteiger partial charge in [-0.25, -0.2) is 4.98 Å². The molecule has 0 bridgehead atoms. The molecule has 2 heterocycles. The molecule has 0 aliphatic carbocycles. The van der Waals surface area contributed by atoms with Gasteiger partial charge in [0.25, 0.3) is 0 Å². The summed E-state index contributed by atoms with van der Waals surface area (Å²) in [5.41, 5.74) is 6.56. The predicted molar refractivity (Wildman–Crippen MR) is 79.4 cm³/mol. The lowest BCUT2D eigenvalue weighted by atomic mass is 9.79. The molecule has 1 aromatic rings. The second-order valence-electron chi connectivity index (χ2n) is 6.59. The molecule has 6 heteroatoms. The Kier molecular flexibility index (Phi) is 3.62. The number of nitrogens with two attached hydrogens (primary N) is 1. The maximum Gasteiger partial charge on any atom is 0.224 e. The molecule has 19 heavy (non-hydrogen) atoms. The van der Waals surface area contributed by atoms with Crippen molar-refractivity contribution >= 4 is 23.1 Å². The zero-order valence-corrected chi connectivity index (χ0v) is 12.7. The molecule has 0 radical (unpaired) electrons. The fourth-order valence-corrected chi connectivity index (χ4v) is 3.24. The average molecular weight is 284 g/mol. The first-order valence-corrected chi connectivity index (χ1v) is 6.89. The molecule has 0 atom stereocenters. The molecule has 0 saturated carbocycles. The maximum absolute atomic E-state index is 5.88. The van der Waals surface area contributed by atoms with Crippen molar-refractivity contribution in [2.24, 2.45) is 0 Å². The first kappa shape index (κ1) is 14.3. The lowest BCUT2D eigenvalue weighted by Gasteiger charge is -2.46. The van der Waals surface area contributed by atoms with Gasteiger partial charge < -0.3 is 16.4 Å². The lowest BCUT2D eigenvalue weighted by Crippen LogP contribution is -2.60. The molecule has 1 fully saturated rings. The molecule has 106 valence electrons. The number of nitrogens with one attached hydrogen (secondary N) is 2. The Morgan fingerprint density at radius 3 is 2.47 bits per heavy atom. The normalized spacial score (nSPS) is 22.2. The van der Waals surface area contributed by atoms with E-state index in [4.69, 9.17) is 17.3 Å². The largest absolute Gasteiger partial charge is 0.394 e. The number of anilines is 2. The van der Waals surface area contributed by atoms with E-state index in [0.29, 0.717) is 17.5 Å². The van der Waals surface area contributed by atoms with Crippen LogP contribution >= 0.6 is 11.6 Å². The van der Waals surface area contributed by atoms with Crippen LogP contribution in [0.5, 0.6) is 0 Å². The van der Waals surface area contributed by atoms with Gasteiger partial charge in [-0.3, -0.25) is 0 Å². The van der Waals surface area contributed by atoms with Crippen LogP contribution in [0.15, 0.2) is 6.20 Å². The van der Waals surface area contributed by atoms with Gasteiger partial charge in [-0.05, 0) is 52.1 Å². The van der Waals surface area contributed by atoms with Crippen molar-refractivity contribution in [2.75, 3.05) is 11.1 Å². The monoisotopic (exact) mass is 283 g/mol. The third-order valence-electron chi connectivity index (χ3n) is 3.32. The van der Waals surface area contributed by atoms with Crippen LogP contribution in [0, 0.1) is 0 Å². The van der Waals surface area contributed by atoms with Crippen LogP contribution in [0.3, 0.4) is 0 Å². The molecule has 1 aromatic heterocycles. The van der Waals surface area contributed by atoms with Crippen molar-refractivity contribution in [3.05, 3.63) is 11.5 Å². The lowest BCUT2D eigenvalue weighted by molar-refractivity contribution is 0.170. The fraction of sp³-hybridized carbons (Fsp3) is 0.692. The summed E-state index contributed by atoms with van der Waals surface area (Å²) in [6.45, 7) is 8.83. The van der Waals surface area contributed by atoms with E-state index in [2.05, 4.69) is 48.3 Å². The Morgan fingerprint density at radius 1 is 1.32 bits per heavy atom. The first-order chi connectivity index (χ1) is 8.67. The summed E-state index contributed by atoms with van der Waals surface area (Å²) >= 11 is 5.82. The molecule has 0 amide bonds. The number of hydrogen-bond donors (Lipinski definition) is 3. The molecule has 1 saturated heterocycles. The van der Waals surface area contributed by atoms with Gasteiger partial charge >= 0.3 is 0 Å². The highest BCUT2D eigenvalue weighted by molar-refractivity contribution is 6.28. The van der Waals surface area contributed by atoms with Crippen LogP contribution in [0.1, 0.15) is 40.5 Å². The van der Waals surface area contributed by atoms with E-state index < -0.39 is 0 Å². The number of hydrogen-bond acceptors (Lipinski definition) is 5. The molecular formula is C13H22ClN5. The minimum Gasteiger partial charge on any atom is -0.394 e. The van der Waals surface area contributed by atoms with Crippen molar-refractivity contribution in [3.63, 3.8) is 0 Å². The zero-order valence-electron chi connectivity index (χ0n) is 11.9. The number of rotatable bonds is 2. The summed E-state index contributed by atoms with van der Waals surface area (Å²) in [7, 11) is 0. The summed E-state index contributed by atoms with van der Waals surface area (Å²) in [4.78, 5) is 8.03. The van der Waals surface area contributed by atoms with Crippen LogP contribution in [0.25, 0.3) is 0 Å². The van der Waals surface area contributed by atoms with Crippen molar-refractivity contribution in [3.8, 4) is 0 Å². The zero-order chi connectivity index (χ0) is 14.3. The number of aromatic nitrogens is 2. The highest BCUT2D eigenvalue weighted by atomic mass is 35.5. The Balaban J connectivity index is 2.16. The SMILES string of the molecule is CC1(C)CC(Nc2nc(Cl)ncc2N)CC(C)(C)N1. The molecule has 1 aliphatic heterocycles. The quantitative estimate of drug-likeness (QED) is 0.727. The molecule has 0 unspecified atom stereocenters. The van der Waals surface area contributed by atoms with Crippen molar-refractivity contribution in [1.29, 1.82) is 0 Å². The Hall–Kier alpha value is -1.07. The van der Waals surface area contributed by atoms with Gasteiger partial charge in [-0.2, -0.15) is 4.98 Å². The van der Waals surface area contributed by atoms with E-state index in [-0.39, 0.29) is 16.4 Å². The number of piperidine rings is 1. The summed E-state index contributed by atoms with van der Waals surface area (Å²) in [6, 6.07) is 0.305. The second kappa shape index (κ2) is 4.80. The molecule has 1 aliphatic rings. The first-order valence-electron chi connectivity index (χ1n) is 6.51. The molecular weight excluding hydrogens is 262 g/mol. The van der Waals surface area contributed by atoms with E-state index in [9.17, 15) is 0 Å². The van der Waals surface area contributed by atoms with Crippen LogP contribution in [0.2, 0.25) is 5.28 Å². The van der Waals surface area contributed by atoms with Crippen LogP contribution < -0.4 is 16.4 Å². The molecule has 0 spiro atoms. The summed E-state index contributed by atoms with van der Waals surface area (Å²) in [5.74, 6) is 0.624. The van der Waals surface area contributed by atoms with Crippen molar-refractivity contribution in [1.82, 2.24) is 15.3 Å². The van der Waals surface area contributed by atoms with Crippen molar-refractivity contribution < 1.29 is 0 Å². The minimum absolute atomic E-state index is 0.0744. The average Bonchev–Trinajstić information content (AvgIpc) is 2.18. The van der Waals surface area contributed by atoms with Gasteiger partial charge in [0.1, 0.15) is 0 Å². The summed E-state index contributed by atoms with van der Waals surface area (Å²) < 4.78 is 0. The van der Waals surface area contributed by atoms with Gasteiger partial charge in [0.2, 0.25) is 5.28 Å². The van der Waals surface area contributed by atoms with Gasteiger partial charge in [-0.1, -0.05) is 0 Å². The van der Waals surface area contributed by atoms with Crippen molar-refractivity contribution in [2.45, 2.75) is 57.7 Å². The minimum atomic E-state index is 0.0744. The highest BCUT2D eigenvalue weighted by Crippen LogP contribution is 2.31. The summed E-state index contributed by atoms with van der Waals surface area (Å²) in [6.07, 6.45) is 3.53. The molecule has 0 aromatic carbocycles. The Morgan fingerprint density at radius 2 is 1.89 bits per heavy atom. The van der Waals surface area contributed by atoms with Crippen LogP contribution in [-0.4, -0.2) is 27.1 Å². The van der Waals surface area contributed by atoms with Gasteiger partial charge in [0, 0.05) is 17.1 Å². The predicted octanol–water partition coefficient (Wildman–Crippen LogP) is 2.43. The standard InChI is InChI=1S/C13H22ClN5/c1-12(2)5-8(6-13(3,4)19-12)17-10-9(15)7-16-11(14)18-10/h7-8,19H,5-6,15H2,1-4H3,(H,16,17,18). The molecule has 2 rings (SSSR count). The van der Waals surface area contributed by atoms with E-state index in [1.807, 2.05) is 0 Å². The van der Waals surface area contributed by atoms with E-state index in [1.54, 1.807) is 0 Å². The Labute approximate surface area is 119 Å². The van der Waals surface area contributed by atoms with Gasteiger partial charge in [-0.15, -0.1) is 0 Å². The number of nitrogens with zero attached hydrogens (tertiary/aromatic N) is 2. The smallest absolute Gasteiger partial charge is 0.224 e. The Bertz CT molecular complexity index is 456. The van der Waals surface area contributed by atoms with E-state index in [1.165, 1.54) is 6.20 Å². The molecule has 5 nitrogen and oxygen atoms in total. The molecule has 4 N–H and O–H groups in total. The van der Waals surface area contributed by atoms with Crippen LogP contribution in [0.4, 0.5) is 11.5 Å². The van der Waals surface area contributed by atoms with Crippen LogP contribution in [-0.2, 0) is 0 Å². The van der Waals surface area contributed by atoms with E-state index >= 15 is 0 Å². The van der Waals surface area contributed by atoms with E-state index in [0.717, 1.165) is 12.8 Å². The topological polar surface area (TPSA) is 75.9 Å². The third-order valence-corrected chi connectivity index (χ3v) is 3.50. The fourth-order valence-electron chi connectivity index (χ4n) is 3.10. The maximum atomic E-state index is 5.88. The highest BCUT2D eigenvalue weighted by Gasteiger charge is 2.37. The summed E-state index contributed by atoms with van der Waals surface area (Å²) in [5, 5.41) is 7.26. The number of halogens is 1. The third kappa shape index (κ3) is 3.70. The van der Waals surface area contributed by atoms with Gasteiger partial charge in [0.05, 0.1) is 11.9 Å².